The number of anilines is 1. The van der Waals surface area contributed by atoms with Crippen LogP contribution in [-0.4, -0.2) is 40.9 Å². The van der Waals surface area contributed by atoms with Gasteiger partial charge in [0.15, 0.2) is 3.83 Å². The molecule has 0 unspecified atom stereocenters. The first-order chi connectivity index (χ1) is 18.2. The Labute approximate surface area is 229 Å². The SMILES string of the molecule is O=C(NCC(F)(F)F)Nc1cccc(-n2c(I)nc3cc(-c4cccc(C(=O)OCC5CC5)c4)ccc32)c1. The lowest BCUT2D eigenvalue weighted by atomic mass is 10.0. The second kappa shape index (κ2) is 10.6. The van der Waals surface area contributed by atoms with Crippen LogP contribution in [0.4, 0.5) is 23.7 Å². The van der Waals surface area contributed by atoms with Gasteiger partial charge in [-0.3, -0.25) is 4.57 Å². The molecule has 0 aliphatic heterocycles. The molecule has 0 bridgehead atoms. The van der Waals surface area contributed by atoms with Gasteiger partial charge in [-0.25, -0.2) is 14.6 Å². The minimum absolute atomic E-state index is 0.334. The standard InChI is InChI=1S/C27H22F3IN4O3/c28-27(29,30)15-32-26(37)33-20-5-2-6-21(13-20)35-23-10-9-18(12-22(23)34-25(35)31)17-3-1-4-19(11-17)24(36)38-14-16-7-8-16/h1-6,9-13,16H,7-8,14-15H2,(H2,32,33,37). The molecule has 2 N–H and O–H groups in total. The predicted octanol–water partition coefficient (Wildman–Crippen LogP) is 6.55. The first-order valence-corrected chi connectivity index (χ1v) is 12.9. The maximum absolute atomic E-state index is 12.4. The average molecular weight is 634 g/mol. The van der Waals surface area contributed by atoms with Gasteiger partial charge in [-0.05, 0) is 72.4 Å². The molecule has 1 saturated carbocycles. The van der Waals surface area contributed by atoms with Crippen LogP contribution >= 0.6 is 22.6 Å². The highest BCUT2D eigenvalue weighted by molar-refractivity contribution is 14.1. The highest BCUT2D eigenvalue weighted by Crippen LogP contribution is 2.31. The minimum Gasteiger partial charge on any atom is -0.462 e. The topological polar surface area (TPSA) is 85.3 Å². The third-order valence-electron chi connectivity index (χ3n) is 6.00. The molecule has 1 aromatic heterocycles. The van der Waals surface area contributed by atoms with E-state index in [0.29, 0.717) is 33.3 Å². The van der Waals surface area contributed by atoms with E-state index in [1.54, 1.807) is 35.6 Å². The lowest BCUT2D eigenvalue weighted by molar-refractivity contribution is -0.122. The largest absolute Gasteiger partial charge is 0.462 e. The summed E-state index contributed by atoms with van der Waals surface area (Å²) in [5, 5.41) is 4.21. The quantitative estimate of drug-likeness (QED) is 0.179. The Morgan fingerprint density at radius 1 is 1.03 bits per heavy atom. The molecule has 11 heteroatoms. The molecule has 0 saturated heterocycles. The number of hydrogen-bond acceptors (Lipinski definition) is 4. The Morgan fingerprint density at radius 2 is 1.79 bits per heavy atom. The first-order valence-electron chi connectivity index (χ1n) is 11.8. The van der Waals surface area contributed by atoms with E-state index in [-0.39, 0.29) is 5.97 Å². The molecule has 1 aliphatic carbocycles. The van der Waals surface area contributed by atoms with Crippen LogP contribution in [0.15, 0.2) is 66.7 Å². The number of carbonyl (C=O) groups excluding carboxylic acids is 2. The van der Waals surface area contributed by atoms with Gasteiger partial charge < -0.3 is 15.4 Å². The fourth-order valence-corrected chi connectivity index (χ4v) is 4.74. The molecule has 2 amide bonds. The van der Waals surface area contributed by atoms with Crippen molar-refractivity contribution in [2.45, 2.75) is 19.0 Å². The zero-order valence-corrected chi connectivity index (χ0v) is 22.0. The molecule has 1 fully saturated rings. The first kappa shape index (κ1) is 26.0. The van der Waals surface area contributed by atoms with E-state index < -0.39 is 18.8 Å². The van der Waals surface area contributed by atoms with Crippen molar-refractivity contribution in [2.75, 3.05) is 18.5 Å². The van der Waals surface area contributed by atoms with Crippen LogP contribution in [0.1, 0.15) is 23.2 Å². The van der Waals surface area contributed by atoms with Crippen molar-refractivity contribution >= 4 is 51.3 Å². The van der Waals surface area contributed by atoms with E-state index in [0.717, 1.165) is 35.0 Å². The summed E-state index contributed by atoms with van der Waals surface area (Å²) in [5.74, 6) is 0.157. The summed E-state index contributed by atoms with van der Waals surface area (Å²) >= 11 is 2.10. The van der Waals surface area contributed by atoms with Crippen LogP contribution in [0.25, 0.3) is 27.8 Å². The summed E-state index contributed by atoms with van der Waals surface area (Å²) < 4.78 is 45.1. The van der Waals surface area contributed by atoms with Crippen molar-refractivity contribution in [3.8, 4) is 16.8 Å². The number of ether oxygens (including phenoxy) is 1. The number of carbonyl (C=O) groups is 2. The van der Waals surface area contributed by atoms with E-state index in [9.17, 15) is 22.8 Å². The molecular formula is C27H22F3IN4O3. The van der Waals surface area contributed by atoms with Gasteiger partial charge >= 0.3 is 18.2 Å². The van der Waals surface area contributed by atoms with Gasteiger partial charge in [0.25, 0.3) is 0 Å². The second-order valence-electron chi connectivity index (χ2n) is 9.02. The summed E-state index contributed by atoms with van der Waals surface area (Å²) in [6.45, 7) is -0.963. The Balaban J connectivity index is 1.37. The number of rotatable bonds is 7. The van der Waals surface area contributed by atoms with Crippen LogP contribution in [0, 0.1) is 9.75 Å². The molecule has 1 heterocycles. The van der Waals surface area contributed by atoms with Crippen molar-refractivity contribution in [3.63, 3.8) is 0 Å². The van der Waals surface area contributed by atoms with E-state index >= 15 is 0 Å². The zero-order valence-electron chi connectivity index (χ0n) is 19.9. The molecule has 0 spiro atoms. The molecule has 5 rings (SSSR count). The van der Waals surface area contributed by atoms with Crippen molar-refractivity contribution in [1.82, 2.24) is 14.9 Å². The fraction of sp³-hybridized carbons (Fsp3) is 0.222. The fourth-order valence-electron chi connectivity index (χ4n) is 3.94. The number of imidazole rings is 1. The summed E-state index contributed by atoms with van der Waals surface area (Å²) in [5.41, 5.74) is 4.76. The molecule has 1 aliphatic rings. The third kappa shape index (κ3) is 6.26. The van der Waals surface area contributed by atoms with Gasteiger partial charge in [0.05, 0.1) is 28.9 Å². The summed E-state index contributed by atoms with van der Waals surface area (Å²) in [7, 11) is 0. The van der Waals surface area contributed by atoms with Crippen LogP contribution < -0.4 is 10.6 Å². The van der Waals surface area contributed by atoms with E-state index in [1.807, 2.05) is 41.0 Å². The number of fused-ring (bicyclic) bond motifs is 1. The number of nitrogens with zero attached hydrogens (tertiary/aromatic N) is 2. The maximum atomic E-state index is 12.4. The second-order valence-corrected chi connectivity index (χ2v) is 9.98. The van der Waals surface area contributed by atoms with Crippen LogP contribution in [0.5, 0.6) is 0 Å². The van der Waals surface area contributed by atoms with Crippen molar-refractivity contribution < 1.29 is 27.5 Å². The Hall–Kier alpha value is -3.61. The number of aromatic nitrogens is 2. The number of esters is 1. The highest BCUT2D eigenvalue weighted by atomic mass is 127. The number of urea groups is 1. The lowest BCUT2D eigenvalue weighted by Crippen LogP contribution is -2.36. The molecule has 4 aromatic rings. The smallest absolute Gasteiger partial charge is 0.405 e. The van der Waals surface area contributed by atoms with Crippen molar-refractivity contribution in [2.24, 2.45) is 5.92 Å². The van der Waals surface area contributed by atoms with Gasteiger partial charge in [-0.1, -0.05) is 24.3 Å². The van der Waals surface area contributed by atoms with E-state index in [4.69, 9.17) is 4.74 Å². The predicted molar refractivity (Wildman–Crippen MR) is 145 cm³/mol. The zero-order chi connectivity index (χ0) is 26.9. The number of amides is 2. The van der Waals surface area contributed by atoms with Gasteiger partial charge in [-0.15, -0.1) is 0 Å². The molecule has 196 valence electrons. The van der Waals surface area contributed by atoms with E-state index in [1.165, 1.54) is 0 Å². The molecule has 0 atom stereocenters. The monoisotopic (exact) mass is 634 g/mol. The van der Waals surface area contributed by atoms with Gasteiger partial charge in [0.1, 0.15) is 6.54 Å². The normalized spacial score (nSPS) is 13.4. The summed E-state index contributed by atoms with van der Waals surface area (Å²) in [6.07, 6.45) is -2.28. The molecule has 38 heavy (non-hydrogen) atoms. The summed E-state index contributed by atoms with van der Waals surface area (Å²) in [4.78, 5) is 29.0. The van der Waals surface area contributed by atoms with Crippen LogP contribution in [0.2, 0.25) is 0 Å². The van der Waals surface area contributed by atoms with Crippen molar-refractivity contribution in [3.05, 3.63) is 76.1 Å². The van der Waals surface area contributed by atoms with E-state index in [2.05, 4.69) is 32.9 Å². The highest BCUT2D eigenvalue weighted by Gasteiger charge is 2.27. The number of benzene rings is 3. The Morgan fingerprint density at radius 3 is 2.55 bits per heavy atom. The Kier molecular flexibility index (Phi) is 7.28. The molecule has 7 nitrogen and oxygen atoms in total. The number of alkyl halides is 3. The van der Waals surface area contributed by atoms with Crippen molar-refractivity contribution in [1.29, 1.82) is 0 Å². The van der Waals surface area contributed by atoms with Crippen LogP contribution in [-0.2, 0) is 4.74 Å². The average Bonchev–Trinajstić information content (AvgIpc) is 3.66. The van der Waals surface area contributed by atoms with Crippen LogP contribution in [0.3, 0.4) is 0 Å². The van der Waals surface area contributed by atoms with Gasteiger partial charge in [0, 0.05) is 28.3 Å². The summed E-state index contributed by atoms with van der Waals surface area (Å²) in [6, 6.07) is 18.8. The number of nitrogens with one attached hydrogen (secondary N) is 2. The van der Waals surface area contributed by atoms with Gasteiger partial charge in [-0.2, -0.15) is 13.2 Å². The number of hydrogen-bond donors (Lipinski definition) is 2. The van der Waals surface area contributed by atoms with Gasteiger partial charge in [0.2, 0.25) is 0 Å². The molecular weight excluding hydrogens is 612 g/mol. The Bertz CT molecular complexity index is 1520. The molecule has 3 aromatic carbocycles. The third-order valence-corrected chi connectivity index (χ3v) is 6.73. The molecule has 0 radical (unpaired) electrons. The number of halogens is 4. The maximum Gasteiger partial charge on any atom is 0.405 e. The minimum atomic E-state index is -4.50. The lowest BCUT2D eigenvalue weighted by Gasteiger charge is -2.12.